The summed E-state index contributed by atoms with van der Waals surface area (Å²) in [5.74, 6) is 2.41. The lowest BCUT2D eigenvalue weighted by atomic mass is 10.2. The van der Waals surface area contributed by atoms with Gasteiger partial charge in [-0.1, -0.05) is 19.1 Å². The molecule has 4 nitrogen and oxygen atoms in total. The topological polar surface area (TPSA) is 47.0 Å². The smallest absolute Gasteiger partial charge is 0.176 e. The summed E-state index contributed by atoms with van der Waals surface area (Å²) in [6.45, 7) is 3.03. The van der Waals surface area contributed by atoms with E-state index in [1.54, 1.807) is 18.4 Å². The molecular formula is C16H17N3OS. The van der Waals surface area contributed by atoms with E-state index >= 15 is 0 Å². The van der Waals surface area contributed by atoms with Gasteiger partial charge in [-0.05, 0) is 30.0 Å². The van der Waals surface area contributed by atoms with Gasteiger partial charge in [-0.2, -0.15) is 0 Å². The van der Waals surface area contributed by atoms with E-state index in [4.69, 9.17) is 9.72 Å². The fourth-order valence-electron chi connectivity index (χ4n) is 2.18. The molecule has 108 valence electrons. The lowest BCUT2D eigenvalue weighted by molar-refractivity contribution is 0.418. The number of rotatable bonds is 5. The molecular weight excluding hydrogens is 282 g/mol. The van der Waals surface area contributed by atoms with Gasteiger partial charge in [0.05, 0.1) is 12.6 Å². The molecule has 21 heavy (non-hydrogen) atoms. The quantitative estimate of drug-likeness (QED) is 0.767. The molecule has 0 unspecified atom stereocenters. The number of ether oxygens (including phenoxy) is 1. The Morgan fingerprint density at radius 3 is 2.86 bits per heavy atom. The van der Waals surface area contributed by atoms with Crippen molar-refractivity contribution < 1.29 is 4.74 Å². The number of methoxy groups -OCH3 is 1. The number of aromatic nitrogens is 2. The Balaban J connectivity index is 2.15. The van der Waals surface area contributed by atoms with Gasteiger partial charge in [0.15, 0.2) is 5.82 Å². The summed E-state index contributed by atoms with van der Waals surface area (Å²) in [6.07, 6.45) is 1.05. The molecule has 2 heterocycles. The molecule has 3 aromatic rings. The Morgan fingerprint density at radius 2 is 2.05 bits per heavy atom. The molecule has 0 aliphatic rings. The Labute approximate surface area is 127 Å². The lowest BCUT2D eigenvalue weighted by Gasteiger charge is -2.10. The van der Waals surface area contributed by atoms with E-state index in [2.05, 4.69) is 17.2 Å². The summed E-state index contributed by atoms with van der Waals surface area (Å²) in [5, 5.41) is 6.43. The van der Waals surface area contributed by atoms with Crippen molar-refractivity contribution in [3.05, 3.63) is 35.7 Å². The minimum absolute atomic E-state index is 0.708. The second kappa shape index (κ2) is 6.10. The maximum absolute atomic E-state index is 5.38. The number of fused-ring (bicyclic) bond motifs is 1. The van der Waals surface area contributed by atoms with Gasteiger partial charge in [0.1, 0.15) is 16.4 Å². The van der Waals surface area contributed by atoms with Crippen molar-refractivity contribution in [2.24, 2.45) is 0 Å². The van der Waals surface area contributed by atoms with Gasteiger partial charge in [-0.15, -0.1) is 11.3 Å². The Morgan fingerprint density at radius 1 is 1.19 bits per heavy atom. The zero-order valence-corrected chi connectivity index (χ0v) is 12.9. The lowest BCUT2D eigenvalue weighted by Crippen LogP contribution is -2.04. The molecule has 0 saturated heterocycles. The van der Waals surface area contributed by atoms with Crippen LogP contribution in [0.5, 0.6) is 5.75 Å². The number of hydrogen-bond acceptors (Lipinski definition) is 5. The maximum atomic E-state index is 5.38. The van der Waals surface area contributed by atoms with Crippen molar-refractivity contribution in [3.8, 4) is 16.5 Å². The minimum Gasteiger partial charge on any atom is -0.495 e. The summed E-state index contributed by atoms with van der Waals surface area (Å²) in [4.78, 5) is 10.3. The van der Waals surface area contributed by atoms with E-state index in [1.807, 2.05) is 35.7 Å². The molecule has 0 atom stereocenters. The molecule has 0 saturated carbocycles. The molecule has 3 rings (SSSR count). The van der Waals surface area contributed by atoms with Crippen molar-refractivity contribution in [1.82, 2.24) is 9.97 Å². The van der Waals surface area contributed by atoms with Crippen LogP contribution in [0.25, 0.3) is 21.6 Å². The second-order valence-corrected chi connectivity index (χ2v) is 5.57. The Kier molecular flexibility index (Phi) is 4.01. The van der Waals surface area contributed by atoms with E-state index in [9.17, 15) is 0 Å². The van der Waals surface area contributed by atoms with Crippen molar-refractivity contribution in [2.75, 3.05) is 19.0 Å². The summed E-state index contributed by atoms with van der Waals surface area (Å²) in [5.41, 5.74) is 0.941. The molecule has 0 aliphatic carbocycles. The SMILES string of the molecule is CCCNc1nc(-c2sccc2OC)nc2ccccc12. The largest absolute Gasteiger partial charge is 0.495 e. The third-order valence-corrected chi connectivity index (χ3v) is 4.09. The van der Waals surface area contributed by atoms with Crippen LogP contribution in [0.1, 0.15) is 13.3 Å². The number of hydrogen-bond donors (Lipinski definition) is 1. The molecule has 0 amide bonds. The third-order valence-electron chi connectivity index (χ3n) is 3.20. The zero-order chi connectivity index (χ0) is 14.7. The first kappa shape index (κ1) is 13.8. The monoisotopic (exact) mass is 299 g/mol. The average molecular weight is 299 g/mol. The standard InChI is InChI=1S/C16H17N3OS/c1-3-9-17-15-11-6-4-5-7-12(11)18-16(19-15)14-13(20-2)8-10-21-14/h4-8,10H,3,9H2,1-2H3,(H,17,18,19). The predicted molar refractivity (Wildman–Crippen MR) is 88.2 cm³/mol. The summed E-state index contributed by atoms with van der Waals surface area (Å²) in [7, 11) is 1.67. The van der Waals surface area contributed by atoms with Crippen LogP contribution in [0.15, 0.2) is 35.7 Å². The summed E-state index contributed by atoms with van der Waals surface area (Å²) >= 11 is 1.59. The Bertz CT molecular complexity index is 754. The van der Waals surface area contributed by atoms with Gasteiger partial charge in [-0.3, -0.25) is 0 Å². The van der Waals surface area contributed by atoms with Gasteiger partial charge in [0.25, 0.3) is 0 Å². The molecule has 0 radical (unpaired) electrons. The second-order valence-electron chi connectivity index (χ2n) is 4.66. The highest BCUT2D eigenvalue weighted by Gasteiger charge is 2.13. The van der Waals surface area contributed by atoms with Gasteiger partial charge >= 0.3 is 0 Å². The molecule has 5 heteroatoms. The molecule has 0 aliphatic heterocycles. The van der Waals surface area contributed by atoms with Gasteiger partial charge in [-0.25, -0.2) is 9.97 Å². The fourth-order valence-corrected chi connectivity index (χ4v) is 2.97. The van der Waals surface area contributed by atoms with Crippen molar-refractivity contribution >= 4 is 28.1 Å². The number of nitrogens with zero attached hydrogens (tertiary/aromatic N) is 2. The maximum Gasteiger partial charge on any atom is 0.176 e. The van der Waals surface area contributed by atoms with Crippen molar-refractivity contribution in [1.29, 1.82) is 0 Å². The zero-order valence-electron chi connectivity index (χ0n) is 12.1. The van der Waals surface area contributed by atoms with E-state index in [1.165, 1.54) is 0 Å². The van der Waals surface area contributed by atoms with Gasteiger partial charge in [0, 0.05) is 11.9 Å². The number of nitrogens with one attached hydrogen (secondary N) is 1. The fraction of sp³-hybridized carbons (Fsp3) is 0.250. The van der Waals surface area contributed by atoms with Crippen molar-refractivity contribution in [2.45, 2.75) is 13.3 Å². The van der Waals surface area contributed by atoms with Gasteiger partial charge in [0.2, 0.25) is 0 Å². The first-order valence-electron chi connectivity index (χ1n) is 6.96. The van der Waals surface area contributed by atoms with E-state index in [-0.39, 0.29) is 0 Å². The van der Waals surface area contributed by atoms with Crippen LogP contribution in [0, 0.1) is 0 Å². The molecule has 2 aromatic heterocycles. The summed E-state index contributed by atoms with van der Waals surface area (Å²) < 4.78 is 5.38. The number of thiophene rings is 1. The van der Waals surface area contributed by atoms with E-state index in [0.717, 1.165) is 40.3 Å². The van der Waals surface area contributed by atoms with Crippen LogP contribution in [0.2, 0.25) is 0 Å². The molecule has 0 fully saturated rings. The highest BCUT2D eigenvalue weighted by Crippen LogP contribution is 2.35. The number of para-hydroxylation sites is 1. The van der Waals surface area contributed by atoms with Crippen LogP contribution < -0.4 is 10.1 Å². The number of anilines is 1. The van der Waals surface area contributed by atoms with Crippen LogP contribution >= 0.6 is 11.3 Å². The average Bonchev–Trinajstić information content (AvgIpc) is 3.01. The number of benzene rings is 1. The van der Waals surface area contributed by atoms with Crippen LogP contribution in [0.3, 0.4) is 0 Å². The Hall–Kier alpha value is -2.14. The normalized spacial score (nSPS) is 10.8. The van der Waals surface area contributed by atoms with Gasteiger partial charge < -0.3 is 10.1 Å². The van der Waals surface area contributed by atoms with Crippen molar-refractivity contribution in [3.63, 3.8) is 0 Å². The van der Waals surface area contributed by atoms with Crippen LogP contribution in [-0.4, -0.2) is 23.6 Å². The molecule has 0 bridgehead atoms. The predicted octanol–water partition coefficient (Wildman–Crippen LogP) is 4.19. The summed E-state index contributed by atoms with van der Waals surface area (Å²) in [6, 6.07) is 10.0. The third kappa shape index (κ3) is 2.69. The highest BCUT2D eigenvalue weighted by molar-refractivity contribution is 7.13. The van der Waals surface area contributed by atoms with Crippen LogP contribution in [0.4, 0.5) is 5.82 Å². The molecule has 1 aromatic carbocycles. The highest BCUT2D eigenvalue weighted by atomic mass is 32.1. The molecule has 1 N–H and O–H groups in total. The molecule has 0 spiro atoms. The van der Waals surface area contributed by atoms with Crippen LogP contribution in [-0.2, 0) is 0 Å². The van der Waals surface area contributed by atoms with E-state index in [0.29, 0.717) is 5.82 Å². The first-order chi connectivity index (χ1) is 10.3. The van der Waals surface area contributed by atoms with E-state index < -0.39 is 0 Å². The first-order valence-corrected chi connectivity index (χ1v) is 7.84. The minimum atomic E-state index is 0.708.